The van der Waals surface area contributed by atoms with Gasteiger partial charge in [0.25, 0.3) is 11.7 Å². The van der Waals surface area contributed by atoms with Crippen LogP contribution in [0, 0.1) is 5.92 Å². The van der Waals surface area contributed by atoms with Crippen LogP contribution < -0.4 is 5.32 Å². The lowest BCUT2D eigenvalue weighted by molar-refractivity contribution is 0.0234. The molecule has 0 saturated heterocycles. The lowest BCUT2D eigenvalue weighted by atomic mass is 9.75. The van der Waals surface area contributed by atoms with Crippen molar-refractivity contribution in [1.82, 2.24) is 34.7 Å². The van der Waals surface area contributed by atoms with E-state index in [1.165, 1.54) is 4.52 Å². The summed E-state index contributed by atoms with van der Waals surface area (Å²) in [6.45, 7) is 0. The molecule has 1 fully saturated rings. The highest BCUT2D eigenvalue weighted by Crippen LogP contribution is 2.38. The molecule has 3 aromatic rings. The summed E-state index contributed by atoms with van der Waals surface area (Å²) in [5.41, 5.74) is 0.907. The third-order valence-corrected chi connectivity index (χ3v) is 4.31. The number of rotatable bonds is 4. The van der Waals surface area contributed by atoms with E-state index in [-0.39, 0.29) is 29.8 Å². The minimum absolute atomic E-state index is 0.0717. The van der Waals surface area contributed by atoms with Crippen LogP contribution in [0.4, 0.5) is 0 Å². The Morgan fingerprint density at radius 1 is 1.46 bits per heavy atom. The molecule has 3 heterocycles. The van der Waals surface area contributed by atoms with Gasteiger partial charge in [0, 0.05) is 31.2 Å². The number of aliphatic hydroxyl groups excluding tert-OH is 1. The summed E-state index contributed by atoms with van der Waals surface area (Å²) < 4.78 is 3.15. The van der Waals surface area contributed by atoms with E-state index in [9.17, 15) is 9.90 Å². The maximum absolute atomic E-state index is 12.6. The molecule has 1 aliphatic rings. The summed E-state index contributed by atoms with van der Waals surface area (Å²) in [7, 11) is 1.83. The van der Waals surface area contributed by atoms with Crippen LogP contribution in [-0.2, 0) is 7.05 Å². The highest BCUT2D eigenvalue weighted by atomic mass is 16.3. The quantitative estimate of drug-likeness (QED) is 0.703. The number of carbonyl (C=O) groups is 1. The van der Waals surface area contributed by atoms with Crippen LogP contribution in [0.3, 0.4) is 0 Å². The van der Waals surface area contributed by atoms with Crippen LogP contribution in [0.2, 0.25) is 0 Å². The molecule has 24 heavy (non-hydrogen) atoms. The van der Waals surface area contributed by atoms with E-state index in [1.807, 2.05) is 13.2 Å². The zero-order valence-electron chi connectivity index (χ0n) is 13.1. The molecule has 0 bridgehead atoms. The number of nitrogens with zero attached hydrogens (tertiary/aromatic N) is 6. The van der Waals surface area contributed by atoms with Gasteiger partial charge in [-0.15, -0.1) is 5.10 Å². The van der Waals surface area contributed by atoms with Gasteiger partial charge in [0.1, 0.15) is 0 Å². The van der Waals surface area contributed by atoms with Gasteiger partial charge in [0.2, 0.25) is 5.82 Å². The zero-order chi connectivity index (χ0) is 16.7. The molecule has 3 aromatic heterocycles. The van der Waals surface area contributed by atoms with Crippen molar-refractivity contribution in [2.24, 2.45) is 13.0 Å². The number of carbonyl (C=O) groups excluding carboxylic acids is 1. The maximum atomic E-state index is 12.6. The molecule has 0 aliphatic heterocycles. The highest BCUT2D eigenvalue weighted by Gasteiger charge is 2.36. The van der Waals surface area contributed by atoms with Crippen LogP contribution in [0.1, 0.15) is 35.1 Å². The number of aromatic nitrogens is 6. The van der Waals surface area contributed by atoms with Gasteiger partial charge in [-0.25, -0.2) is 9.50 Å². The van der Waals surface area contributed by atoms with Crippen LogP contribution >= 0.6 is 0 Å². The van der Waals surface area contributed by atoms with E-state index in [4.69, 9.17) is 0 Å². The monoisotopic (exact) mass is 327 g/mol. The zero-order valence-corrected chi connectivity index (χ0v) is 13.1. The summed E-state index contributed by atoms with van der Waals surface area (Å²) in [5, 5.41) is 20.9. The van der Waals surface area contributed by atoms with Crippen molar-refractivity contribution in [2.75, 3.05) is 0 Å². The Morgan fingerprint density at radius 3 is 2.96 bits per heavy atom. The van der Waals surface area contributed by atoms with E-state index >= 15 is 0 Å². The second-order valence-corrected chi connectivity index (χ2v) is 6.08. The molecule has 1 amide bonds. The second-order valence-electron chi connectivity index (χ2n) is 6.08. The van der Waals surface area contributed by atoms with E-state index in [0.717, 1.165) is 5.56 Å². The second kappa shape index (κ2) is 5.68. The van der Waals surface area contributed by atoms with Crippen LogP contribution in [-0.4, -0.2) is 46.5 Å². The van der Waals surface area contributed by atoms with Crippen molar-refractivity contribution in [3.8, 4) is 0 Å². The third-order valence-electron chi connectivity index (χ3n) is 4.31. The van der Waals surface area contributed by atoms with Crippen molar-refractivity contribution >= 4 is 11.7 Å². The Balaban J connectivity index is 1.58. The first kappa shape index (κ1) is 14.8. The van der Waals surface area contributed by atoms with Gasteiger partial charge in [-0.1, -0.05) is 0 Å². The predicted octanol–water partition coefficient (Wildman–Crippen LogP) is 0.0998. The fourth-order valence-electron chi connectivity index (χ4n) is 3.01. The molecule has 2 N–H and O–H groups in total. The van der Waals surface area contributed by atoms with Gasteiger partial charge >= 0.3 is 0 Å². The van der Waals surface area contributed by atoms with Crippen LogP contribution in [0.5, 0.6) is 0 Å². The number of amides is 1. The molecule has 1 aliphatic carbocycles. The van der Waals surface area contributed by atoms with Gasteiger partial charge in [-0.05, 0) is 24.8 Å². The smallest absolute Gasteiger partial charge is 0.291 e. The minimum atomic E-state index is -0.365. The summed E-state index contributed by atoms with van der Waals surface area (Å²) in [6.07, 6.45) is 7.89. The first-order chi connectivity index (χ1) is 11.6. The normalized spacial score (nSPS) is 21.4. The number of aryl methyl sites for hydroxylation is 1. The molecule has 0 spiro atoms. The summed E-state index contributed by atoms with van der Waals surface area (Å²) in [4.78, 5) is 20.8. The SMILES string of the molecule is Cn1cc([C@H](NC(=O)c2nc3ncccn3n2)C2CC(O)C2)cn1. The molecule has 9 heteroatoms. The minimum Gasteiger partial charge on any atom is -0.393 e. The average molecular weight is 327 g/mol. The predicted molar refractivity (Wildman–Crippen MR) is 82.9 cm³/mol. The standard InChI is InChI=1S/C15H17N7O2/c1-21-8-10(7-17-21)12(9-5-11(23)6-9)18-14(24)13-19-15-16-3-2-4-22(15)20-13/h2-4,7-9,11-12,23H,5-6H2,1H3,(H,18,24)/t9?,11?,12-/m1/s1. The van der Waals surface area contributed by atoms with Crippen LogP contribution in [0.15, 0.2) is 30.9 Å². The van der Waals surface area contributed by atoms with Crippen molar-refractivity contribution in [1.29, 1.82) is 0 Å². The van der Waals surface area contributed by atoms with E-state index in [2.05, 4.69) is 25.5 Å². The molecule has 4 rings (SSSR count). The molecule has 0 radical (unpaired) electrons. The fourth-order valence-corrected chi connectivity index (χ4v) is 3.01. The third kappa shape index (κ3) is 2.62. The van der Waals surface area contributed by atoms with Crippen LogP contribution in [0.25, 0.3) is 5.78 Å². The molecule has 9 nitrogen and oxygen atoms in total. The first-order valence-corrected chi connectivity index (χ1v) is 7.75. The number of nitrogens with one attached hydrogen (secondary N) is 1. The Morgan fingerprint density at radius 2 is 2.29 bits per heavy atom. The Bertz CT molecular complexity index is 848. The Hall–Kier alpha value is -2.81. The van der Waals surface area contributed by atoms with Gasteiger partial charge in [-0.3, -0.25) is 9.48 Å². The molecule has 0 aromatic carbocycles. The van der Waals surface area contributed by atoms with Crippen molar-refractivity contribution < 1.29 is 9.90 Å². The molecule has 124 valence electrons. The van der Waals surface area contributed by atoms with Gasteiger partial charge < -0.3 is 10.4 Å². The van der Waals surface area contributed by atoms with Gasteiger partial charge in [0.05, 0.1) is 18.3 Å². The van der Waals surface area contributed by atoms with Crippen molar-refractivity contribution in [2.45, 2.75) is 25.0 Å². The maximum Gasteiger partial charge on any atom is 0.291 e. The summed E-state index contributed by atoms with van der Waals surface area (Å²) >= 11 is 0. The molecule has 1 atom stereocenters. The van der Waals surface area contributed by atoms with Crippen molar-refractivity contribution in [3.05, 3.63) is 42.2 Å². The Labute approximate surface area is 137 Å². The fraction of sp³-hybridized carbons (Fsp3) is 0.400. The number of hydrogen-bond donors (Lipinski definition) is 2. The summed E-state index contributed by atoms with van der Waals surface area (Å²) in [6, 6.07) is 1.49. The topological polar surface area (TPSA) is 110 Å². The summed E-state index contributed by atoms with van der Waals surface area (Å²) in [5.74, 6) is 0.251. The number of hydrogen-bond acceptors (Lipinski definition) is 6. The number of fused-ring (bicyclic) bond motifs is 1. The molecular weight excluding hydrogens is 310 g/mol. The van der Waals surface area contributed by atoms with E-state index < -0.39 is 0 Å². The average Bonchev–Trinajstić information content (AvgIpc) is 3.15. The number of aliphatic hydroxyl groups is 1. The lowest BCUT2D eigenvalue weighted by Crippen LogP contribution is -2.41. The van der Waals surface area contributed by atoms with Gasteiger partial charge in [-0.2, -0.15) is 10.1 Å². The molecule has 1 saturated carbocycles. The highest BCUT2D eigenvalue weighted by molar-refractivity contribution is 5.91. The lowest BCUT2D eigenvalue weighted by Gasteiger charge is -2.37. The Kier molecular flexibility index (Phi) is 3.49. The first-order valence-electron chi connectivity index (χ1n) is 7.75. The largest absolute Gasteiger partial charge is 0.393 e. The molecular formula is C15H17N7O2. The van der Waals surface area contributed by atoms with Gasteiger partial charge in [0.15, 0.2) is 0 Å². The molecule has 0 unspecified atom stereocenters. The van der Waals surface area contributed by atoms with Crippen molar-refractivity contribution in [3.63, 3.8) is 0 Å². The van der Waals surface area contributed by atoms with E-state index in [1.54, 1.807) is 29.3 Å². The van der Waals surface area contributed by atoms with E-state index in [0.29, 0.717) is 18.6 Å².